The molecule has 0 saturated heterocycles. The first-order valence-electron chi connectivity index (χ1n) is 5.08. The molecule has 0 atom stereocenters. The molecular formula is C12H8BrN3O. The Morgan fingerprint density at radius 3 is 2.71 bits per heavy atom. The number of aromatic amines is 1. The molecule has 84 valence electrons. The van der Waals surface area contributed by atoms with Crippen molar-refractivity contribution < 1.29 is 0 Å². The minimum atomic E-state index is -0.117. The van der Waals surface area contributed by atoms with Gasteiger partial charge in [0.05, 0.1) is 0 Å². The summed E-state index contributed by atoms with van der Waals surface area (Å²) in [5.74, 6) is 0.667. The molecule has 1 aromatic carbocycles. The zero-order valence-electron chi connectivity index (χ0n) is 8.72. The normalized spacial score (nSPS) is 10.9. The monoisotopic (exact) mass is 289 g/mol. The highest BCUT2D eigenvalue weighted by molar-refractivity contribution is 9.10. The van der Waals surface area contributed by atoms with Gasteiger partial charge in [-0.3, -0.25) is 9.89 Å². The summed E-state index contributed by atoms with van der Waals surface area (Å²) in [6.07, 6.45) is 0. The first kappa shape index (κ1) is 10.3. The summed E-state index contributed by atoms with van der Waals surface area (Å²) in [6.45, 7) is 0. The van der Waals surface area contributed by atoms with Crippen molar-refractivity contribution in [3.8, 4) is 11.4 Å². The predicted octanol–water partition coefficient (Wildman–Crippen LogP) is 2.45. The van der Waals surface area contributed by atoms with E-state index in [-0.39, 0.29) is 5.56 Å². The predicted molar refractivity (Wildman–Crippen MR) is 68.9 cm³/mol. The van der Waals surface area contributed by atoms with E-state index < -0.39 is 0 Å². The fourth-order valence-corrected chi connectivity index (χ4v) is 2.17. The van der Waals surface area contributed by atoms with Crippen LogP contribution in [0.4, 0.5) is 0 Å². The van der Waals surface area contributed by atoms with Crippen molar-refractivity contribution >= 4 is 21.6 Å². The first-order valence-corrected chi connectivity index (χ1v) is 5.88. The molecule has 0 fully saturated rings. The number of pyridine rings is 1. The quantitative estimate of drug-likeness (QED) is 0.748. The van der Waals surface area contributed by atoms with Crippen molar-refractivity contribution in [1.29, 1.82) is 0 Å². The molecular weight excluding hydrogens is 282 g/mol. The molecule has 0 aliphatic carbocycles. The molecule has 0 amide bonds. The van der Waals surface area contributed by atoms with Gasteiger partial charge >= 0.3 is 0 Å². The highest BCUT2D eigenvalue weighted by atomic mass is 79.9. The van der Waals surface area contributed by atoms with Gasteiger partial charge in [-0.15, -0.1) is 0 Å². The maximum atomic E-state index is 11.6. The molecule has 5 heteroatoms. The molecule has 3 rings (SSSR count). The van der Waals surface area contributed by atoms with Crippen molar-refractivity contribution in [3.05, 3.63) is 57.3 Å². The average molecular weight is 290 g/mol. The van der Waals surface area contributed by atoms with Crippen molar-refractivity contribution in [3.63, 3.8) is 0 Å². The molecule has 1 N–H and O–H groups in total. The lowest BCUT2D eigenvalue weighted by Crippen LogP contribution is -2.11. The van der Waals surface area contributed by atoms with Crippen LogP contribution in [0.5, 0.6) is 0 Å². The number of hydrogen-bond donors (Lipinski definition) is 1. The largest absolute Gasteiger partial charge is 0.272 e. The smallest absolute Gasteiger partial charge is 0.271 e. The number of fused-ring (bicyclic) bond motifs is 1. The van der Waals surface area contributed by atoms with E-state index in [2.05, 4.69) is 26.0 Å². The Kier molecular flexibility index (Phi) is 2.33. The number of hydrogen-bond acceptors (Lipinski definition) is 2. The van der Waals surface area contributed by atoms with Crippen LogP contribution >= 0.6 is 15.9 Å². The van der Waals surface area contributed by atoms with Crippen LogP contribution in [-0.2, 0) is 0 Å². The summed E-state index contributed by atoms with van der Waals surface area (Å²) in [4.78, 5) is 16.0. The number of halogens is 1. The Balaban J connectivity index is 2.30. The summed E-state index contributed by atoms with van der Waals surface area (Å²) in [6, 6.07) is 12.7. The van der Waals surface area contributed by atoms with Crippen molar-refractivity contribution in [1.82, 2.24) is 14.6 Å². The zero-order valence-corrected chi connectivity index (χ0v) is 10.3. The van der Waals surface area contributed by atoms with Gasteiger partial charge in [0.15, 0.2) is 11.5 Å². The second kappa shape index (κ2) is 3.85. The van der Waals surface area contributed by atoms with E-state index in [4.69, 9.17) is 0 Å². The highest BCUT2D eigenvalue weighted by Gasteiger charge is 2.08. The van der Waals surface area contributed by atoms with Crippen molar-refractivity contribution in [2.75, 3.05) is 0 Å². The van der Waals surface area contributed by atoms with E-state index >= 15 is 0 Å². The lowest BCUT2D eigenvalue weighted by atomic mass is 10.2. The summed E-state index contributed by atoms with van der Waals surface area (Å²) in [5, 5.41) is 2.98. The fraction of sp³-hybridized carbons (Fsp3) is 0. The molecule has 0 radical (unpaired) electrons. The van der Waals surface area contributed by atoms with Gasteiger partial charge in [0, 0.05) is 16.1 Å². The third-order valence-electron chi connectivity index (χ3n) is 2.51. The maximum absolute atomic E-state index is 11.6. The zero-order chi connectivity index (χ0) is 11.8. The number of rotatable bonds is 1. The third kappa shape index (κ3) is 1.68. The standard InChI is InChI=1S/C12H8BrN3O/c13-9-5-2-1-4-8(9)12-14-10-6-3-7-11(17)16(10)15-12/h1-7H,(H,14,15). The van der Waals surface area contributed by atoms with E-state index in [9.17, 15) is 4.79 Å². The molecule has 17 heavy (non-hydrogen) atoms. The molecule has 3 aromatic rings. The summed E-state index contributed by atoms with van der Waals surface area (Å²) < 4.78 is 2.36. The van der Waals surface area contributed by atoms with E-state index in [1.54, 1.807) is 12.1 Å². The Morgan fingerprint density at radius 2 is 1.94 bits per heavy atom. The molecule has 2 aromatic heterocycles. The second-order valence-corrected chi connectivity index (χ2v) is 4.46. The fourth-order valence-electron chi connectivity index (χ4n) is 1.70. The van der Waals surface area contributed by atoms with Gasteiger partial charge in [0.1, 0.15) is 0 Å². The van der Waals surface area contributed by atoms with E-state index in [1.165, 1.54) is 10.6 Å². The molecule has 4 nitrogen and oxygen atoms in total. The molecule has 0 aliphatic heterocycles. The maximum Gasteiger partial charge on any atom is 0.271 e. The van der Waals surface area contributed by atoms with Crippen LogP contribution in [0.15, 0.2) is 51.7 Å². The molecule has 0 aliphatic rings. The number of nitrogens with one attached hydrogen (secondary N) is 1. The lowest BCUT2D eigenvalue weighted by Gasteiger charge is -1.98. The third-order valence-corrected chi connectivity index (χ3v) is 3.20. The molecule has 0 unspecified atom stereocenters. The van der Waals surface area contributed by atoms with Gasteiger partial charge in [-0.05, 0) is 12.1 Å². The van der Waals surface area contributed by atoms with Gasteiger partial charge in [-0.2, -0.15) is 4.52 Å². The van der Waals surface area contributed by atoms with E-state index in [0.29, 0.717) is 11.5 Å². The van der Waals surface area contributed by atoms with Gasteiger partial charge in [-0.25, -0.2) is 4.98 Å². The van der Waals surface area contributed by atoms with Crippen molar-refractivity contribution in [2.45, 2.75) is 0 Å². The number of aromatic nitrogens is 3. The van der Waals surface area contributed by atoms with Crippen molar-refractivity contribution in [2.24, 2.45) is 0 Å². The minimum Gasteiger partial charge on any atom is -0.272 e. The Morgan fingerprint density at radius 1 is 1.12 bits per heavy atom. The first-order chi connectivity index (χ1) is 8.25. The average Bonchev–Trinajstić information content (AvgIpc) is 2.75. The summed E-state index contributed by atoms with van der Waals surface area (Å²) in [5.41, 5.74) is 1.42. The van der Waals surface area contributed by atoms with E-state index in [1.807, 2.05) is 24.3 Å². The van der Waals surface area contributed by atoms with Crippen LogP contribution in [0, 0.1) is 0 Å². The van der Waals surface area contributed by atoms with Crippen LogP contribution < -0.4 is 5.56 Å². The Hall–Kier alpha value is -1.88. The van der Waals surface area contributed by atoms with Gasteiger partial charge < -0.3 is 0 Å². The topological polar surface area (TPSA) is 50.2 Å². The SMILES string of the molecule is O=c1cccc2nc(-c3ccccc3Br)[nH]n12. The molecule has 0 bridgehead atoms. The van der Waals surface area contributed by atoms with Crippen LogP contribution in [0.2, 0.25) is 0 Å². The number of benzene rings is 1. The Bertz CT molecular complexity index is 745. The van der Waals surface area contributed by atoms with Crippen LogP contribution in [0.25, 0.3) is 17.0 Å². The van der Waals surface area contributed by atoms with Gasteiger partial charge in [0.25, 0.3) is 5.56 Å². The van der Waals surface area contributed by atoms with Crippen LogP contribution in [0.3, 0.4) is 0 Å². The minimum absolute atomic E-state index is 0.117. The number of nitrogens with zero attached hydrogens (tertiary/aromatic N) is 2. The number of H-pyrrole nitrogens is 1. The van der Waals surface area contributed by atoms with E-state index in [0.717, 1.165) is 10.0 Å². The molecule has 0 saturated carbocycles. The lowest BCUT2D eigenvalue weighted by molar-refractivity contribution is 0.924. The summed E-state index contributed by atoms with van der Waals surface area (Å²) in [7, 11) is 0. The molecule has 2 heterocycles. The van der Waals surface area contributed by atoms with Gasteiger partial charge in [0.2, 0.25) is 0 Å². The molecule has 0 spiro atoms. The van der Waals surface area contributed by atoms with Gasteiger partial charge in [-0.1, -0.05) is 40.2 Å². The highest BCUT2D eigenvalue weighted by Crippen LogP contribution is 2.25. The van der Waals surface area contributed by atoms with Crippen LogP contribution in [0.1, 0.15) is 0 Å². The Labute approximate surface area is 105 Å². The summed E-state index contributed by atoms with van der Waals surface area (Å²) >= 11 is 3.46. The second-order valence-electron chi connectivity index (χ2n) is 3.61. The van der Waals surface area contributed by atoms with Crippen LogP contribution in [-0.4, -0.2) is 14.6 Å².